The second kappa shape index (κ2) is 7.05. The zero-order valence-corrected chi connectivity index (χ0v) is 10.7. The van der Waals surface area contributed by atoms with Crippen LogP contribution in [-0.4, -0.2) is 59.5 Å². The highest BCUT2D eigenvalue weighted by molar-refractivity contribution is 5.88. The predicted molar refractivity (Wildman–Crippen MR) is 67.0 cm³/mol. The lowest BCUT2D eigenvalue weighted by molar-refractivity contribution is -0.143. The largest absolute Gasteiger partial charge is 0.480 e. The van der Waals surface area contributed by atoms with Crippen molar-refractivity contribution in [3.63, 3.8) is 0 Å². The van der Waals surface area contributed by atoms with E-state index in [9.17, 15) is 14.4 Å². The van der Waals surface area contributed by atoms with Gasteiger partial charge in [0.05, 0.1) is 13.0 Å². The Hall–Kier alpha value is -1.67. The van der Waals surface area contributed by atoms with E-state index in [1.54, 1.807) is 0 Å². The third kappa shape index (κ3) is 5.66. The van der Waals surface area contributed by atoms with Crippen LogP contribution in [0, 0.1) is 0 Å². The molecule has 8 heteroatoms. The van der Waals surface area contributed by atoms with E-state index >= 15 is 0 Å². The molecule has 1 heterocycles. The Morgan fingerprint density at radius 1 is 1.32 bits per heavy atom. The van der Waals surface area contributed by atoms with Crippen LogP contribution in [0.25, 0.3) is 0 Å². The number of piperidine rings is 1. The molecule has 0 aliphatic carbocycles. The number of aliphatic carboxylic acids is 1. The second-order valence-electron chi connectivity index (χ2n) is 4.74. The van der Waals surface area contributed by atoms with Gasteiger partial charge in [0, 0.05) is 19.1 Å². The maximum atomic E-state index is 11.7. The van der Waals surface area contributed by atoms with Gasteiger partial charge in [-0.2, -0.15) is 0 Å². The highest BCUT2D eigenvalue weighted by Crippen LogP contribution is 2.07. The van der Waals surface area contributed by atoms with E-state index in [2.05, 4.69) is 5.32 Å². The van der Waals surface area contributed by atoms with Gasteiger partial charge in [-0.05, 0) is 12.8 Å². The van der Waals surface area contributed by atoms with Gasteiger partial charge in [-0.3, -0.25) is 14.5 Å². The van der Waals surface area contributed by atoms with E-state index in [0.29, 0.717) is 13.1 Å². The zero-order valence-electron chi connectivity index (χ0n) is 10.7. The average molecular weight is 272 g/mol. The zero-order chi connectivity index (χ0) is 14.4. The first kappa shape index (κ1) is 15.4. The molecule has 1 fully saturated rings. The fraction of sp³-hybridized carbons (Fsp3) is 0.727. The SMILES string of the molecule is NC(=O)C[C@@H](NC(=O)CN1CCC(N)CC1)C(=O)O. The van der Waals surface area contributed by atoms with Crippen LogP contribution < -0.4 is 16.8 Å². The number of likely N-dealkylation sites (tertiary alicyclic amines) is 1. The second-order valence-corrected chi connectivity index (χ2v) is 4.74. The first-order chi connectivity index (χ1) is 8.88. The number of carboxylic acids is 1. The van der Waals surface area contributed by atoms with Crippen LogP contribution in [0.1, 0.15) is 19.3 Å². The Labute approximate surface area is 111 Å². The van der Waals surface area contributed by atoms with Gasteiger partial charge in [-0.15, -0.1) is 0 Å². The number of nitrogens with one attached hydrogen (secondary N) is 1. The summed E-state index contributed by atoms with van der Waals surface area (Å²) < 4.78 is 0. The van der Waals surface area contributed by atoms with Crippen LogP contribution in [0.4, 0.5) is 0 Å². The molecule has 0 radical (unpaired) electrons. The number of primary amides is 1. The molecule has 1 atom stereocenters. The standard InChI is InChI=1S/C11H20N4O4/c12-7-1-3-15(4-2-7)6-10(17)14-8(11(18)19)5-9(13)16/h7-8H,1-6,12H2,(H2,13,16)(H,14,17)(H,18,19)/t8-/m1/s1. The molecule has 19 heavy (non-hydrogen) atoms. The maximum Gasteiger partial charge on any atom is 0.326 e. The van der Waals surface area contributed by atoms with Crippen molar-refractivity contribution < 1.29 is 19.5 Å². The van der Waals surface area contributed by atoms with Crippen molar-refractivity contribution in [2.75, 3.05) is 19.6 Å². The molecular formula is C11H20N4O4. The number of hydrogen-bond acceptors (Lipinski definition) is 5. The Kier molecular flexibility index (Phi) is 5.71. The van der Waals surface area contributed by atoms with Crippen molar-refractivity contribution in [3.8, 4) is 0 Å². The molecule has 1 aliphatic rings. The monoisotopic (exact) mass is 272 g/mol. The Balaban J connectivity index is 2.40. The van der Waals surface area contributed by atoms with Gasteiger partial charge in [0.1, 0.15) is 6.04 Å². The van der Waals surface area contributed by atoms with Gasteiger partial charge in [-0.1, -0.05) is 0 Å². The van der Waals surface area contributed by atoms with E-state index < -0.39 is 30.2 Å². The molecule has 0 aromatic carbocycles. The van der Waals surface area contributed by atoms with Crippen LogP contribution in [0.3, 0.4) is 0 Å². The molecule has 0 unspecified atom stereocenters. The first-order valence-electron chi connectivity index (χ1n) is 6.17. The van der Waals surface area contributed by atoms with E-state index in [-0.39, 0.29) is 12.6 Å². The van der Waals surface area contributed by atoms with Crippen LogP contribution in [0.2, 0.25) is 0 Å². The quantitative estimate of drug-likeness (QED) is 0.435. The minimum atomic E-state index is -1.27. The number of carbonyl (C=O) groups excluding carboxylic acids is 2. The van der Waals surface area contributed by atoms with Crippen molar-refractivity contribution in [2.24, 2.45) is 11.5 Å². The summed E-state index contributed by atoms with van der Waals surface area (Å²) in [5.41, 5.74) is 10.7. The molecule has 0 aromatic heterocycles. The number of rotatable bonds is 6. The molecule has 0 saturated carbocycles. The number of carboxylic acid groups (broad SMARTS) is 1. The number of nitrogens with zero attached hydrogens (tertiary/aromatic N) is 1. The fourth-order valence-corrected chi connectivity index (χ4v) is 1.96. The lowest BCUT2D eigenvalue weighted by atomic mass is 10.1. The van der Waals surface area contributed by atoms with Crippen molar-refractivity contribution >= 4 is 17.8 Å². The molecule has 0 spiro atoms. The number of carbonyl (C=O) groups is 3. The van der Waals surface area contributed by atoms with Gasteiger partial charge in [0.2, 0.25) is 11.8 Å². The molecule has 1 saturated heterocycles. The summed E-state index contributed by atoms with van der Waals surface area (Å²) in [7, 11) is 0. The Bertz CT molecular complexity index is 353. The van der Waals surface area contributed by atoms with E-state index in [1.165, 1.54) is 0 Å². The van der Waals surface area contributed by atoms with E-state index in [1.807, 2.05) is 4.90 Å². The van der Waals surface area contributed by atoms with Crippen LogP contribution in [-0.2, 0) is 14.4 Å². The molecule has 0 bridgehead atoms. The molecule has 2 amide bonds. The van der Waals surface area contributed by atoms with Crippen molar-refractivity contribution in [1.82, 2.24) is 10.2 Å². The molecule has 6 N–H and O–H groups in total. The molecular weight excluding hydrogens is 252 g/mol. The molecule has 108 valence electrons. The van der Waals surface area contributed by atoms with Crippen molar-refractivity contribution in [2.45, 2.75) is 31.3 Å². The third-order valence-corrected chi connectivity index (χ3v) is 3.04. The lowest BCUT2D eigenvalue weighted by Crippen LogP contribution is -2.49. The highest BCUT2D eigenvalue weighted by atomic mass is 16.4. The fourth-order valence-electron chi connectivity index (χ4n) is 1.96. The van der Waals surface area contributed by atoms with E-state index in [4.69, 9.17) is 16.6 Å². The average Bonchev–Trinajstić information content (AvgIpc) is 2.30. The smallest absolute Gasteiger partial charge is 0.326 e. The molecule has 1 aliphatic heterocycles. The lowest BCUT2D eigenvalue weighted by Gasteiger charge is -2.29. The van der Waals surface area contributed by atoms with Crippen LogP contribution in [0.5, 0.6) is 0 Å². The number of hydrogen-bond donors (Lipinski definition) is 4. The summed E-state index contributed by atoms with van der Waals surface area (Å²) in [5.74, 6) is -2.46. The summed E-state index contributed by atoms with van der Waals surface area (Å²) in [6.45, 7) is 1.53. The van der Waals surface area contributed by atoms with Gasteiger partial charge < -0.3 is 21.9 Å². The first-order valence-corrected chi connectivity index (χ1v) is 6.17. The summed E-state index contributed by atoms with van der Waals surface area (Å²) >= 11 is 0. The van der Waals surface area contributed by atoms with Gasteiger partial charge in [0.25, 0.3) is 0 Å². The summed E-state index contributed by atoms with van der Waals surface area (Å²) in [6, 6.07) is -1.10. The van der Waals surface area contributed by atoms with Crippen molar-refractivity contribution in [3.05, 3.63) is 0 Å². The van der Waals surface area contributed by atoms with E-state index in [0.717, 1.165) is 12.8 Å². The van der Waals surface area contributed by atoms with Gasteiger partial charge in [-0.25, -0.2) is 4.79 Å². The summed E-state index contributed by atoms with van der Waals surface area (Å²) in [6.07, 6.45) is 1.22. The summed E-state index contributed by atoms with van der Waals surface area (Å²) in [4.78, 5) is 35.2. The highest BCUT2D eigenvalue weighted by Gasteiger charge is 2.24. The van der Waals surface area contributed by atoms with Crippen molar-refractivity contribution in [1.29, 1.82) is 0 Å². The number of nitrogens with two attached hydrogens (primary N) is 2. The number of amides is 2. The van der Waals surface area contributed by atoms with Crippen LogP contribution >= 0.6 is 0 Å². The minimum absolute atomic E-state index is 0.106. The molecule has 1 rings (SSSR count). The van der Waals surface area contributed by atoms with Gasteiger partial charge >= 0.3 is 5.97 Å². The Morgan fingerprint density at radius 3 is 2.37 bits per heavy atom. The third-order valence-electron chi connectivity index (χ3n) is 3.04. The summed E-state index contributed by atoms with van der Waals surface area (Å²) in [5, 5.41) is 11.2. The minimum Gasteiger partial charge on any atom is -0.480 e. The normalized spacial score (nSPS) is 18.8. The molecule has 0 aromatic rings. The maximum absolute atomic E-state index is 11.7. The predicted octanol–water partition coefficient (Wildman–Crippen LogP) is -2.15. The Morgan fingerprint density at radius 2 is 1.89 bits per heavy atom. The van der Waals surface area contributed by atoms with Crippen LogP contribution in [0.15, 0.2) is 0 Å². The topological polar surface area (TPSA) is 139 Å². The van der Waals surface area contributed by atoms with Gasteiger partial charge in [0.15, 0.2) is 0 Å². The molecule has 8 nitrogen and oxygen atoms in total.